The summed E-state index contributed by atoms with van der Waals surface area (Å²) in [7, 11) is 1.34. The molecule has 1 aromatic carbocycles. The molecule has 2 aromatic rings. The monoisotopic (exact) mass is 298 g/mol. The van der Waals surface area contributed by atoms with Crippen LogP contribution in [0.3, 0.4) is 0 Å². The Balaban J connectivity index is 2.30. The molecule has 1 heterocycles. The average molecular weight is 299 g/mol. The first kappa shape index (κ1) is 13.9. The Hall–Kier alpha value is -2.48. The zero-order chi connectivity index (χ0) is 14.7. The number of rotatable bonds is 4. The summed E-state index contributed by atoms with van der Waals surface area (Å²) in [6, 6.07) is 3.34. The van der Waals surface area contributed by atoms with Crippen molar-refractivity contribution in [3.8, 4) is 6.01 Å². The summed E-state index contributed by atoms with van der Waals surface area (Å²) in [4.78, 5) is 21.9. The Morgan fingerprint density at radius 2 is 2.15 bits per heavy atom. The predicted molar refractivity (Wildman–Crippen MR) is 68.0 cm³/mol. The van der Waals surface area contributed by atoms with Crippen LogP contribution in [0.25, 0.3) is 0 Å². The number of halogens is 2. The second kappa shape index (κ2) is 5.66. The zero-order valence-electron chi connectivity index (χ0n) is 10.1. The van der Waals surface area contributed by atoms with Gasteiger partial charge in [0.25, 0.3) is 0 Å². The number of carbonyl (C=O) groups is 1. The Bertz CT molecular complexity index is 668. The van der Waals surface area contributed by atoms with Crippen molar-refractivity contribution in [1.29, 1.82) is 0 Å². The Morgan fingerprint density at radius 3 is 2.75 bits per heavy atom. The lowest BCUT2D eigenvalue weighted by atomic mass is 10.2. The van der Waals surface area contributed by atoms with E-state index in [2.05, 4.69) is 20.3 Å². The van der Waals surface area contributed by atoms with Gasteiger partial charge < -0.3 is 15.2 Å². The molecule has 0 saturated carbocycles. The maximum Gasteiger partial charge on any atom is 0.335 e. The van der Waals surface area contributed by atoms with Gasteiger partial charge in [-0.3, -0.25) is 0 Å². The number of carboxylic acids is 1. The normalized spacial score (nSPS) is 10.2. The summed E-state index contributed by atoms with van der Waals surface area (Å²) in [5, 5.41) is 11.2. The molecule has 0 unspecified atom stereocenters. The van der Waals surface area contributed by atoms with Crippen LogP contribution in [0.15, 0.2) is 18.2 Å². The first-order chi connectivity index (χ1) is 9.49. The maximum atomic E-state index is 13.7. The van der Waals surface area contributed by atoms with E-state index < -0.39 is 11.8 Å². The van der Waals surface area contributed by atoms with Crippen molar-refractivity contribution in [1.82, 2.24) is 15.0 Å². The number of hydrogen-bond acceptors (Lipinski definition) is 6. The third-order valence-corrected chi connectivity index (χ3v) is 2.40. The lowest BCUT2D eigenvalue weighted by Gasteiger charge is -2.07. The van der Waals surface area contributed by atoms with E-state index in [-0.39, 0.29) is 28.5 Å². The molecule has 0 saturated heterocycles. The molecule has 1 aromatic heterocycles. The van der Waals surface area contributed by atoms with E-state index in [0.29, 0.717) is 0 Å². The van der Waals surface area contributed by atoms with Crippen LogP contribution < -0.4 is 10.1 Å². The van der Waals surface area contributed by atoms with Gasteiger partial charge in [-0.1, -0.05) is 0 Å². The molecule has 0 spiro atoms. The van der Waals surface area contributed by atoms with Crippen LogP contribution in [0.2, 0.25) is 5.28 Å². The van der Waals surface area contributed by atoms with Crippen LogP contribution in [0.1, 0.15) is 10.4 Å². The number of aromatic nitrogens is 3. The number of carboxylic acid groups (broad SMARTS) is 1. The minimum atomic E-state index is -1.22. The highest BCUT2D eigenvalue weighted by atomic mass is 35.5. The lowest BCUT2D eigenvalue weighted by molar-refractivity contribution is 0.0696. The number of benzene rings is 1. The van der Waals surface area contributed by atoms with Gasteiger partial charge >= 0.3 is 12.0 Å². The summed E-state index contributed by atoms with van der Waals surface area (Å²) >= 11 is 5.65. The van der Waals surface area contributed by atoms with E-state index in [1.807, 2.05) is 0 Å². The number of ether oxygens (including phenoxy) is 1. The fourth-order valence-corrected chi connectivity index (χ4v) is 1.50. The van der Waals surface area contributed by atoms with Gasteiger partial charge in [0.1, 0.15) is 5.82 Å². The molecular weight excluding hydrogens is 291 g/mol. The molecule has 7 nitrogen and oxygen atoms in total. The summed E-state index contributed by atoms with van der Waals surface area (Å²) in [6.07, 6.45) is 0. The number of nitrogens with one attached hydrogen (secondary N) is 1. The minimum Gasteiger partial charge on any atom is -0.478 e. The number of anilines is 2. The van der Waals surface area contributed by atoms with E-state index >= 15 is 0 Å². The third kappa shape index (κ3) is 3.09. The fraction of sp³-hybridized carbons (Fsp3) is 0.0909. The number of aromatic carboxylic acids is 1. The van der Waals surface area contributed by atoms with Gasteiger partial charge in [-0.2, -0.15) is 15.0 Å². The molecule has 104 valence electrons. The van der Waals surface area contributed by atoms with Crippen LogP contribution in [-0.4, -0.2) is 33.1 Å². The molecule has 0 atom stereocenters. The summed E-state index contributed by atoms with van der Waals surface area (Å²) < 4.78 is 18.5. The smallest absolute Gasteiger partial charge is 0.335 e. The maximum absolute atomic E-state index is 13.7. The van der Waals surface area contributed by atoms with Crippen LogP contribution in [0.5, 0.6) is 6.01 Å². The van der Waals surface area contributed by atoms with E-state index in [9.17, 15) is 9.18 Å². The molecule has 0 fully saturated rings. The molecule has 0 aliphatic carbocycles. The Labute approximate surface area is 117 Å². The molecule has 0 aliphatic rings. The van der Waals surface area contributed by atoms with Gasteiger partial charge in [0.05, 0.1) is 18.4 Å². The molecule has 2 rings (SSSR count). The SMILES string of the molecule is COc1nc(Cl)nc(Nc2ccc(C(=O)O)cc2F)n1. The molecular formula is C11H8ClFN4O3. The van der Waals surface area contributed by atoms with E-state index in [1.165, 1.54) is 19.2 Å². The van der Waals surface area contributed by atoms with Gasteiger partial charge in [0, 0.05) is 0 Å². The van der Waals surface area contributed by atoms with Crippen LogP contribution in [0, 0.1) is 5.82 Å². The molecule has 0 amide bonds. The Kier molecular flexibility index (Phi) is 3.94. The third-order valence-electron chi connectivity index (χ3n) is 2.23. The second-order valence-corrected chi connectivity index (χ2v) is 3.88. The van der Waals surface area contributed by atoms with Crippen LogP contribution in [0.4, 0.5) is 16.0 Å². The summed E-state index contributed by atoms with van der Waals surface area (Å²) in [5.41, 5.74) is -0.168. The highest BCUT2D eigenvalue weighted by molar-refractivity contribution is 6.28. The van der Waals surface area contributed by atoms with Crippen LogP contribution >= 0.6 is 11.6 Å². The molecule has 0 aliphatic heterocycles. The van der Waals surface area contributed by atoms with E-state index in [0.717, 1.165) is 6.07 Å². The Morgan fingerprint density at radius 1 is 1.40 bits per heavy atom. The van der Waals surface area contributed by atoms with Gasteiger partial charge in [-0.15, -0.1) is 0 Å². The van der Waals surface area contributed by atoms with E-state index in [4.69, 9.17) is 21.4 Å². The highest BCUT2D eigenvalue weighted by Gasteiger charge is 2.11. The number of nitrogens with zero attached hydrogens (tertiary/aromatic N) is 3. The largest absolute Gasteiger partial charge is 0.478 e. The topological polar surface area (TPSA) is 97.2 Å². The summed E-state index contributed by atoms with van der Waals surface area (Å²) in [6.45, 7) is 0. The standard InChI is InChI=1S/C11H8ClFN4O3/c1-20-11-16-9(12)15-10(17-11)14-7-3-2-5(8(18)19)4-6(7)13/h2-4H,1H3,(H,18,19)(H,14,15,16,17). The van der Waals surface area contributed by atoms with Crippen molar-refractivity contribution in [2.45, 2.75) is 0 Å². The van der Waals surface area contributed by atoms with Crippen molar-refractivity contribution >= 4 is 29.2 Å². The van der Waals surface area contributed by atoms with Gasteiger partial charge in [-0.25, -0.2) is 9.18 Å². The van der Waals surface area contributed by atoms with Crippen molar-refractivity contribution < 1.29 is 19.0 Å². The number of hydrogen-bond donors (Lipinski definition) is 2. The molecule has 2 N–H and O–H groups in total. The second-order valence-electron chi connectivity index (χ2n) is 3.54. The minimum absolute atomic E-state index is 0.000630. The quantitative estimate of drug-likeness (QED) is 0.892. The number of methoxy groups -OCH3 is 1. The van der Waals surface area contributed by atoms with Crippen LogP contribution in [-0.2, 0) is 0 Å². The molecule has 0 radical (unpaired) electrons. The van der Waals surface area contributed by atoms with Gasteiger partial charge in [0.2, 0.25) is 11.2 Å². The van der Waals surface area contributed by atoms with Crippen molar-refractivity contribution in [3.63, 3.8) is 0 Å². The van der Waals surface area contributed by atoms with Crippen molar-refractivity contribution in [2.75, 3.05) is 12.4 Å². The molecule has 20 heavy (non-hydrogen) atoms. The van der Waals surface area contributed by atoms with Gasteiger partial charge in [-0.05, 0) is 29.8 Å². The fourth-order valence-electron chi connectivity index (χ4n) is 1.35. The van der Waals surface area contributed by atoms with Gasteiger partial charge in [0.15, 0.2) is 0 Å². The predicted octanol–water partition coefficient (Wildman–Crippen LogP) is 2.11. The van der Waals surface area contributed by atoms with Crippen molar-refractivity contribution in [3.05, 3.63) is 34.9 Å². The molecule has 9 heteroatoms. The van der Waals surface area contributed by atoms with E-state index in [1.54, 1.807) is 0 Å². The average Bonchev–Trinajstić information content (AvgIpc) is 2.40. The molecule has 0 bridgehead atoms. The first-order valence-corrected chi connectivity index (χ1v) is 5.63. The highest BCUT2D eigenvalue weighted by Crippen LogP contribution is 2.20. The lowest BCUT2D eigenvalue weighted by Crippen LogP contribution is -2.04. The first-order valence-electron chi connectivity index (χ1n) is 5.25. The van der Waals surface area contributed by atoms with Crippen molar-refractivity contribution in [2.24, 2.45) is 0 Å². The summed E-state index contributed by atoms with van der Waals surface area (Å²) in [5.74, 6) is -2.01. The zero-order valence-corrected chi connectivity index (χ0v) is 10.8.